The topological polar surface area (TPSA) is 32.8 Å². The Kier molecular flexibility index (Phi) is 3.54. The molecule has 0 atom stereocenters. The molecule has 0 saturated carbocycles. The second-order valence-corrected chi connectivity index (χ2v) is 6.32. The van der Waals surface area contributed by atoms with Gasteiger partial charge in [-0.2, -0.15) is 0 Å². The highest BCUT2D eigenvalue weighted by atomic mass is 16.5. The van der Waals surface area contributed by atoms with Crippen LogP contribution in [0.2, 0.25) is 0 Å². The third-order valence-corrected chi connectivity index (χ3v) is 4.78. The number of piperidine rings is 1. The summed E-state index contributed by atoms with van der Waals surface area (Å²) < 4.78 is 6.05. The SMILES string of the molecule is CN1CCC(N2c3ccccc3Oc3cc(C=O)ccc32)CC1. The summed E-state index contributed by atoms with van der Waals surface area (Å²) in [5.74, 6) is 1.63. The number of ether oxygens (including phenoxy) is 1. The van der Waals surface area contributed by atoms with Crippen LogP contribution in [0.25, 0.3) is 0 Å². The molecule has 0 unspecified atom stereocenters. The number of para-hydroxylation sites is 2. The largest absolute Gasteiger partial charge is 0.453 e. The van der Waals surface area contributed by atoms with Crippen molar-refractivity contribution in [3.8, 4) is 11.5 Å². The molecule has 1 saturated heterocycles. The van der Waals surface area contributed by atoms with Gasteiger partial charge in [-0.1, -0.05) is 12.1 Å². The summed E-state index contributed by atoms with van der Waals surface area (Å²) in [4.78, 5) is 15.9. The van der Waals surface area contributed by atoms with Gasteiger partial charge in [-0.05, 0) is 63.3 Å². The third-order valence-electron chi connectivity index (χ3n) is 4.78. The van der Waals surface area contributed by atoms with E-state index in [0.29, 0.717) is 11.6 Å². The number of rotatable bonds is 2. The van der Waals surface area contributed by atoms with Crippen LogP contribution in [0.3, 0.4) is 0 Å². The zero-order chi connectivity index (χ0) is 15.8. The summed E-state index contributed by atoms with van der Waals surface area (Å²) in [6, 6.07) is 14.3. The number of carbonyl (C=O) groups excluding carboxylic acids is 1. The van der Waals surface area contributed by atoms with Gasteiger partial charge in [0.1, 0.15) is 6.29 Å². The molecule has 4 rings (SSSR count). The molecule has 2 aliphatic heterocycles. The van der Waals surface area contributed by atoms with E-state index in [1.165, 1.54) is 0 Å². The monoisotopic (exact) mass is 308 g/mol. The Balaban J connectivity index is 1.79. The standard InChI is InChI=1S/C19H20N2O2/c1-20-10-8-15(9-11-20)21-16-4-2-3-5-18(16)23-19-12-14(13-22)6-7-17(19)21/h2-7,12-13,15H,8-11H2,1H3. The van der Waals surface area contributed by atoms with Crippen LogP contribution in [0.1, 0.15) is 23.2 Å². The molecule has 0 aliphatic carbocycles. The first-order valence-corrected chi connectivity index (χ1v) is 8.10. The van der Waals surface area contributed by atoms with Crippen molar-refractivity contribution in [2.75, 3.05) is 25.0 Å². The maximum absolute atomic E-state index is 11.1. The van der Waals surface area contributed by atoms with Crippen LogP contribution >= 0.6 is 0 Å². The zero-order valence-electron chi connectivity index (χ0n) is 13.2. The van der Waals surface area contributed by atoms with Gasteiger partial charge in [0.15, 0.2) is 11.5 Å². The summed E-state index contributed by atoms with van der Waals surface area (Å²) in [6.45, 7) is 2.21. The number of benzene rings is 2. The van der Waals surface area contributed by atoms with Gasteiger partial charge in [0, 0.05) is 11.6 Å². The van der Waals surface area contributed by atoms with Crippen molar-refractivity contribution in [3.05, 3.63) is 48.0 Å². The number of anilines is 2. The highest BCUT2D eigenvalue weighted by Gasteiger charge is 2.31. The van der Waals surface area contributed by atoms with E-state index in [2.05, 4.69) is 29.0 Å². The van der Waals surface area contributed by atoms with Crippen LogP contribution in [0.15, 0.2) is 42.5 Å². The molecule has 2 aliphatic rings. The minimum absolute atomic E-state index is 0.456. The van der Waals surface area contributed by atoms with Crippen LogP contribution in [-0.4, -0.2) is 37.4 Å². The molecule has 2 heterocycles. The van der Waals surface area contributed by atoms with Crippen molar-refractivity contribution in [1.82, 2.24) is 4.90 Å². The summed E-state index contributed by atoms with van der Waals surface area (Å²) >= 11 is 0. The molecule has 2 aromatic carbocycles. The Morgan fingerprint density at radius 2 is 1.78 bits per heavy atom. The number of aldehydes is 1. The molecular weight excluding hydrogens is 288 g/mol. The Hall–Kier alpha value is -2.33. The van der Waals surface area contributed by atoms with Crippen LogP contribution in [0.5, 0.6) is 11.5 Å². The fourth-order valence-corrected chi connectivity index (χ4v) is 3.52. The average Bonchev–Trinajstić information content (AvgIpc) is 2.60. The van der Waals surface area contributed by atoms with E-state index in [4.69, 9.17) is 4.74 Å². The Morgan fingerprint density at radius 3 is 2.57 bits per heavy atom. The summed E-state index contributed by atoms with van der Waals surface area (Å²) in [5, 5.41) is 0. The van der Waals surface area contributed by atoms with Crippen LogP contribution in [0, 0.1) is 0 Å². The summed E-state index contributed by atoms with van der Waals surface area (Å²) in [5.41, 5.74) is 2.82. The van der Waals surface area contributed by atoms with E-state index in [-0.39, 0.29) is 0 Å². The van der Waals surface area contributed by atoms with Gasteiger partial charge in [0.2, 0.25) is 0 Å². The summed E-state index contributed by atoms with van der Waals surface area (Å²) in [6.07, 6.45) is 3.11. The first kappa shape index (κ1) is 14.3. The lowest BCUT2D eigenvalue weighted by Gasteiger charge is -2.41. The van der Waals surface area contributed by atoms with Gasteiger partial charge in [0.25, 0.3) is 0 Å². The molecule has 0 bridgehead atoms. The van der Waals surface area contributed by atoms with Crippen molar-refractivity contribution in [3.63, 3.8) is 0 Å². The van der Waals surface area contributed by atoms with Gasteiger partial charge in [0.05, 0.1) is 11.4 Å². The maximum atomic E-state index is 11.1. The third kappa shape index (κ3) is 2.49. The lowest BCUT2D eigenvalue weighted by Crippen LogP contribution is -2.42. The average molecular weight is 308 g/mol. The fraction of sp³-hybridized carbons (Fsp3) is 0.316. The molecule has 4 heteroatoms. The summed E-state index contributed by atoms with van der Waals surface area (Å²) in [7, 11) is 2.17. The lowest BCUT2D eigenvalue weighted by atomic mass is 10.00. The maximum Gasteiger partial charge on any atom is 0.151 e. The molecule has 0 aromatic heterocycles. The van der Waals surface area contributed by atoms with Crippen molar-refractivity contribution >= 4 is 17.7 Å². The van der Waals surface area contributed by atoms with Crippen LogP contribution < -0.4 is 9.64 Å². The molecule has 23 heavy (non-hydrogen) atoms. The molecular formula is C19H20N2O2. The molecule has 0 N–H and O–H groups in total. The highest BCUT2D eigenvalue weighted by molar-refractivity contribution is 5.83. The molecule has 118 valence electrons. The predicted octanol–water partition coefficient (Wildman–Crippen LogP) is 3.84. The Morgan fingerprint density at radius 1 is 1.04 bits per heavy atom. The van der Waals surface area contributed by atoms with Gasteiger partial charge in [-0.3, -0.25) is 4.79 Å². The van der Waals surface area contributed by atoms with E-state index >= 15 is 0 Å². The van der Waals surface area contributed by atoms with Crippen LogP contribution in [0.4, 0.5) is 11.4 Å². The van der Waals surface area contributed by atoms with E-state index in [1.54, 1.807) is 0 Å². The molecule has 4 nitrogen and oxygen atoms in total. The smallest absolute Gasteiger partial charge is 0.151 e. The van der Waals surface area contributed by atoms with E-state index in [9.17, 15) is 4.79 Å². The van der Waals surface area contributed by atoms with Crippen LogP contribution in [-0.2, 0) is 0 Å². The van der Waals surface area contributed by atoms with Crippen molar-refractivity contribution in [1.29, 1.82) is 0 Å². The van der Waals surface area contributed by atoms with E-state index < -0.39 is 0 Å². The Bertz CT molecular complexity index is 736. The second kappa shape index (κ2) is 5.70. The number of nitrogens with zero attached hydrogens (tertiary/aromatic N) is 2. The van der Waals surface area contributed by atoms with Gasteiger partial charge in [-0.15, -0.1) is 0 Å². The molecule has 0 amide bonds. The van der Waals surface area contributed by atoms with Crippen molar-refractivity contribution in [2.24, 2.45) is 0 Å². The Labute approximate surface area is 136 Å². The predicted molar refractivity (Wildman–Crippen MR) is 91.0 cm³/mol. The van der Waals surface area contributed by atoms with Crippen molar-refractivity contribution in [2.45, 2.75) is 18.9 Å². The number of hydrogen-bond donors (Lipinski definition) is 0. The lowest BCUT2D eigenvalue weighted by molar-refractivity contribution is 0.112. The fourth-order valence-electron chi connectivity index (χ4n) is 3.52. The molecule has 0 spiro atoms. The van der Waals surface area contributed by atoms with Gasteiger partial charge >= 0.3 is 0 Å². The first-order valence-electron chi connectivity index (χ1n) is 8.10. The van der Waals surface area contributed by atoms with E-state index in [1.807, 2.05) is 30.3 Å². The molecule has 0 radical (unpaired) electrons. The first-order chi connectivity index (χ1) is 11.3. The zero-order valence-corrected chi connectivity index (χ0v) is 13.2. The minimum atomic E-state index is 0.456. The number of hydrogen-bond acceptors (Lipinski definition) is 4. The van der Waals surface area contributed by atoms with Gasteiger partial charge < -0.3 is 14.5 Å². The van der Waals surface area contributed by atoms with Crippen molar-refractivity contribution < 1.29 is 9.53 Å². The quantitative estimate of drug-likeness (QED) is 0.789. The highest BCUT2D eigenvalue weighted by Crippen LogP contribution is 2.48. The number of carbonyl (C=O) groups is 1. The van der Waals surface area contributed by atoms with Gasteiger partial charge in [-0.25, -0.2) is 0 Å². The molecule has 1 fully saturated rings. The second-order valence-electron chi connectivity index (χ2n) is 6.32. The number of likely N-dealkylation sites (tertiary alicyclic amines) is 1. The molecule has 2 aromatic rings. The minimum Gasteiger partial charge on any atom is -0.453 e. The normalized spacial score (nSPS) is 18.0. The number of fused-ring (bicyclic) bond motifs is 2. The van der Waals surface area contributed by atoms with E-state index in [0.717, 1.165) is 55.1 Å².